The van der Waals surface area contributed by atoms with Crippen LogP contribution in [0.1, 0.15) is 43.4 Å². The second-order valence-corrected chi connectivity index (χ2v) is 8.28. The third kappa shape index (κ3) is 3.31. The molecule has 146 valence electrons. The monoisotopic (exact) mass is 377 g/mol. The average molecular weight is 377 g/mol. The molecule has 2 fully saturated rings. The van der Waals surface area contributed by atoms with Gasteiger partial charge in [-0.25, -0.2) is 9.97 Å². The molecule has 1 aromatic heterocycles. The van der Waals surface area contributed by atoms with Crippen molar-refractivity contribution >= 4 is 5.91 Å². The number of aromatic nitrogens is 2. The molecule has 3 aliphatic rings. The van der Waals surface area contributed by atoms with Crippen LogP contribution in [0.25, 0.3) is 11.4 Å². The van der Waals surface area contributed by atoms with Crippen LogP contribution in [0.15, 0.2) is 36.5 Å². The van der Waals surface area contributed by atoms with Crippen LogP contribution in [0, 0.1) is 11.8 Å². The van der Waals surface area contributed by atoms with Gasteiger partial charge in [-0.05, 0) is 18.8 Å². The molecule has 0 radical (unpaired) electrons. The molecular weight excluding hydrogens is 350 g/mol. The molecule has 5 rings (SSSR count). The highest BCUT2D eigenvalue weighted by molar-refractivity contribution is 5.81. The Labute approximate surface area is 165 Å². The molecule has 2 N–H and O–H groups in total. The summed E-state index contributed by atoms with van der Waals surface area (Å²) in [6.45, 7) is 1.93. The van der Waals surface area contributed by atoms with Crippen LogP contribution in [0.2, 0.25) is 0 Å². The normalized spacial score (nSPS) is 25.1. The maximum absolute atomic E-state index is 13.3. The zero-order chi connectivity index (χ0) is 18.9. The number of amides is 1. The van der Waals surface area contributed by atoms with Crippen LogP contribution in [0.3, 0.4) is 0 Å². The van der Waals surface area contributed by atoms with E-state index in [1.165, 1.54) is 32.1 Å². The number of fused-ring (bicyclic) bond motifs is 1. The number of hydrazine groups is 1. The Bertz CT molecular complexity index is 849. The minimum absolute atomic E-state index is 0.0129. The van der Waals surface area contributed by atoms with Gasteiger partial charge >= 0.3 is 0 Å². The number of hydrogen-bond donors (Lipinski definition) is 2. The van der Waals surface area contributed by atoms with Crippen molar-refractivity contribution in [2.45, 2.75) is 51.2 Å². The summed E-state index contributed by atoms with van der Waals surface area (Å²) in [6.07, 6.45) is 8.26. The molecule has 1 aromatic carbocycles. The first-order valence-electron chi connectivity index (χ1n) is 10.5. The Morgan fingerprint density at radius 1 is 1.07 bits per heavy atom. The summed E-state index contributed by atoms with van der Waals surface area (Å²) in [5.41, 5.74) is 9.72. The number of rotatable bonds is 3. The van der Waals surface area contributed by atoms with E-state index in [2.05, 4.69) is 15.8 Å². The van der Waals surface area contributed by atoms with Crippen molar-refractivity contribution in [1.82, 2.24) is 25.7 Å². The van der Waals surface area contributed by atoms with Gasteiger partial charge in [0.05, 0.1) is 18.2 Å². The Morgan fingerprint density at radius 2 is 1.89 bits per heavy atom. The summed E-state index contributed by atoms with van der Waals surface area (Å²) in [5, 5.41) is 0. The highest BCUT2D eigenvalue weighted by atomic mass is 16.2. The molecule has 6 nitrogen and oxygen atoms in total. The van der Waals surface area contributed by atoms with E-state index in [1.807, 2.05) is 41.4 Å². The molecule has 1 amide bonds. The van der Waals surface area contributed by atoms with E-state index in [-0.39, 0.29) is 17.9 Å². The summed E-state index contributed by atoms with van der Waals surface area (Å²) in [6, 6.07) is 10.3. The van der Waals surface area contributed by atoms with E-state index in [0.717, 1.165) is 22.6 Å². The van der Waals surface area contributed by atoms with Crippen LogP contribution >= 0.6 is 0 Å². The van der Waals surface area contributed by atoms with Gasteiger partial charge in [-0.2, -0.15) is 0 Å². The van der Waals surface area contributed by atoms with Gasteiger partial charge in [-0.1, -0.05) is 49.6 Å². The second-order valence-electron chi connectivity index (χ2n) is 8.28. The van der Waals surface area contributed by atoms with Gasteiger partial charge in [-0.15, -0.1) is 0 Å². The first-order valence-corrected chi connectivity index (χ1v) is 10.5. The molecule has 6 heteroatoms. The first kappa shape index (κ1) is 17.8. The zero-order valence-electron chi connectivity index (χ0n) is 16.1. The Balaban J connectivity index is 1.31. The van der Waals surface area contributed by atoms with E-state index in [9.17, 15) is 4.79 Å². The molecule has 1 saturated carbocycles. The lowest BCUT2D eigenvalue weighted by Gasteiger charge is -2.31. The van der Waals surface area contributed by atoms with Crippen molar-refractivity contribution in [2.24, 2.45) is 11.8 Å². The highest BCUT2D eigenvalue weighted by Gasteiger charge is 2.41. The molecule has 2 atom stereocenters. The lowest BCUT2D eigenvalue weighted by molar-refractivity contribution is -0.136. The molecule has 28 heavy (non-hydrogen) atoms. The van der Waals surface area contributed by atoms with E-state index in [1.54, 1.807) is 0 Å². The Morgan fingerprint density at radius 3 is 2.71 bits per heavy atom. The van der Waals surface area contributed by atoms with E-state index >= 15 is 0 Å². The van der Waals surface area contributed by atoms with E-state index < -0.39 is 0 Å². The van der Waals surface area contributed by atoms with Crippen molar-refractivity contribution in [1.29, 1.82) is 0 Å². The smallest absolute Gasteiger partial charge is 0.229 e. The lowest BCUT2D eigenvalue weighted by Crippen LogP contribution is -2.44. The minimum Gasteiger partial charge on any atom is -0.332 e. The first-order chi connectivity index (χ1) is 13.8. The molecule has 2 aliphatic heterocycles. The number of hydrogen-bond acceptors (Lipinski definition) is 5. The van der Waals surface area contributed by atoms with Gasteiger partial charge < -0.3 is 4.90 Å². The standard InChI is InChI=1S/C22H27N5O/c28-22(18-12-24-26-20(18)15-7-3-1-4-8-15)27-13-17-11-23-21(25-19(17)14-27)16-9-5-2-6-10-16/h2,5-6,9-11,15,18,20,24,26H,1,3-4,7-8,12-14H2. The van der Waals surface area contributed by atoms with Crippen molar-refractivity contribution in [2.75, 3.05) is 6.54 Å². The molecule has 0 bridgehead atoms. The topological polar surface area (TPSA) is 70.2 Å². The molecular formula is C22H27N5O. The van der Waals surface area contributed by atoms with Gasteiger partial charge in [-0.3, -0.25) is 15.6 Å². The molecule has 3 heterocycles. The predicted molar refractivity (Wildman–Crippen MR) is 107 cm³/mol. The largest absolute Gasteiger partial charge is 0.332 e. The maximum Gasteiger partial charge on any atom is 0.229 e. The second kappa shape index (κ2) is 7.60. The number of nitrogens with one attached hydrogen (secondary N) is 2. The Hall–Kier alpha value is -2.31. The van der Waals surface area contributed by atoms with Gasteiger partial charge in [0.2, 0.25) is 5.91 Å². The zero-order valence-corrected chi connectivity index (χ0v) is 16.1. The number of nitrogens with zero attached hydrogens (tertiary/aromatic N) is 3. The fraction of sp³-hybridized carbons (Fsp3) is 0.500. The third-order valence-corrected chi connectivity index (χ3v) is 6.50. The minimum atomic E-state index is 0.0129. The number of benzene rings is 1. The maximum atomic E-state index is 13.3. The summed E-state index contributed by atoms with van der Waals surface area (Å²) >= 11 is 0. The van der Waals surface area contributed by atoms with Crippen molar-refractivity contribution < 1.29 is 4.79 Å². The number of carbonyl (C=O) groups is 1. The average Bonchev–Trinajstić information content (AvgIpc) is 3.41. The summed E-state index contributed by atoms with van der Waals surface area (Å²) in [7, 11) is 0. The fourth-order valence-electron chi connectivity index (χ4n) is 4.96. The van der Waals surface area contributed by atoms with Crippen LogP contribution in [0.5, 0.6) is 0 Å². The SMILES string of the molecule is O=C(C1CNNC1C1CCCCC1)N1Cc2cnc(-c3ccccc3)nc2C1. The molecule has 1 aliphatic carbocycles. The van der Waals surface area contributed by atoms with Crippen LogP contribution < -0.4 is 10.9 Å². The third-order valence-electron chi connectivity index (χ3n) is 6.50. The van der Waals surface area contributed by atoms with Gasteiger partial charge in [0.15, 0.2) is 5.82 Å². The van der Waals surface area contributed by atoms with Gasteiger partial charge in [0.1, 0.15) is 0 Å². The van der Waals surface area contributed by atoms with E-state index in [0.29, 0.717) is 25.6 Å². The van der Waals surface area contributed by atoms with Gasteiger partial charge in [0.25, 0.3) is 0 Å². The predicted octanol–water partition coefficient (Wildman–Crippen LogP) is 2.66. The molecule has 0 spiro atoms. The van der Waals surface area contributed by atoms with Gasteiger partial charge in [0, 0.05) is 36.5 Å². The van der Waals surface area contributed by atoms with Crippen LogP contribution in [-0.2, 0) is 17.9 Å². The molecule has 2 aromatic rings. The van der Waals surface area contributed by atoms with Crippen LogP contribution in [-0.4, -0.2) is 33.4 Å². The van der Waals surface area contributed by atoms with E-state index in [4.69, 9.17) is 4.98 Å². The quantitative estimate of drug-likeness (QED) is 0.861. The lowest BCUT2D eigenvalue weighted by atomic mass is 9.79. The van der Waals surface area contributed by atoms with Crippen molar-refractivity contribution in [3.05, 3.63) is 47.8 Å². The fourth-order valence-corrected chi connectivity index (χ4v) is 4.96. The van der Waals surface area contributed by atoms with Crippen molar-refractivity contribution in [3.63, 3.8) is 0 Å². The molecule has 1 saturated heterocycles. The number of carbonyl (C=O) groups excluding carboxylic acids is 1. The summed E-state index contributed by atoms with van der Waals surface area (Å²) < 4.78 is 0. The summed E-state index contributed by atoms with van der Waals surface area (Å²) in [5.74, 6) is 1.59. The van der Waals surface area contributed by atoms with Crippen LogP contribution in [0.4, 0.5) is 0 Å². The highest BCUT2D eigenvalue weighted by Crippen LogP contribution is 2.33. The van der Waals surface area contributed by atoms with Crippen molar-refractivity contribution in [3.8, 4) is 11.4 Å². The Kier molecular flexibility index (Phi) is 4.82. The summed E-state index contributed by atoms with van der Waals surface area (Å²) in [4.78, 5) is 24.6. The molecule has 2 unspecified atom stereocenters.